The molecule has 146 valence electrons. The molecule has 0 saturated carbocycles. The second-order valence-electron chi connectivity index (χ2n) is 6.14. The van der Waals surface area contributed by atoms with Crippen molar-refractivity contribution in [3.05, 3.63) is 60.2 Å². The van der Waals surface area contributed by atoms with Gasteiger partial charge in [0.05, 0.1) is 18.1 Å². The number of carbonyl (C=O) groups is 3. The number of ketones is 1. The molecule has 1 rings (SSSR count). The van der Waals surface area contributed by atoms with Crippen LogP contribution in [0.5, 0.6) is 0 Å². The summed E-state index contributed by atoms with van der Waals surface area (Å²) in [4.78, 5) is 36.2. The number of ether oxygens (including phenoxy) is 2. The summed E-state index contributed by atoms with van der Waals surface area (Å²) in [5.74, 6) is -1.46. The highest BCUT2D eigenvalue weighted by Crippen LogP contribution is 2.16. The Labute approximate surface area is 161 Å². The molecule has 0 aliphatic carbocycles. The average molecular weight is 372 g/mol. The van der Waals surface area contributed by atoms with Gasteiger partial charge in [0.15, 0.2) is 5.78 Å². The standard InChI is InChI=1S/C22H28O5/c1-4-6-8-14-19(23)17(3)20(27-21(24)11-5-2)15-16-26-22(25)18-12-9-7-10-13-18/h4,6-10,12-14,17,20H,5,11,15-16H2,1-3H3/b6-4+,14-8+. The van der Waals surface area contributed by atoms with Crippen molar-refractivity contribution < 1.29 is 23.9 Å². The summed E-state index contributed by atoms with van der Waals surface area (Å²) in [5, 5.41) is 0. The van der Waals surface area contributed by atoms with E-state index in [0.29, 0.717) is 12.0 Å². The Kier molecular flexibility index (Phi) is 10.5. The zero-order valence-electron chi connectivity index (χ0n) is 16.2. The molecule has 0 aliphatic heterocycles. The van der Waals surface area contributed by atoms with E-state index >= 15 is 0 Å². The maximum atomic E-state index is 12.3. The molecular weight excluding hydrogens is 344 g/mol. The van der Waals surface area contributed by atoms with Gasteiger partial charge in [-0.2, -0.15) is 0 Å². The van der Waals surface area contributed by atoms with Crippen LogP contribution < -0.4 is 0 Å². The molecule has 0 saturated heterocycles. The van der Waals surface area contributed by atoms with Gasteiger partial charge in [0, 0.05) is 12.8 Å². The van der Waals surface area contributed by atoms with Gasteiger partial charge in [-0.3, -0.25) is 9.59 Å². The zero-order chi connectivity index (χ0) is 20.1. The third-order valence-corrected chi connectivity index (χ3v) is 3.95. The molecule has 0 aromatic heterocycles. The van der Waals surface area contributed by atoms with Crippen LogP contribution in [0.3, 0.4) is 0 Å². The number of benzene rings is 1. The van der Waals surface area contributed by atoms with Crippen LogP contribution in [-0.4, -0.2) is 30.4 Å². The minimum absolute atomic E-state index is 0.0635. The number of hydrogen-bond acceptors (Lipinski definition) is 5. The minimum atomic E-state index is -0.643. The Bertz CT molecular complexity index is 661. The fourth-order valence-corrected chi connectivity index (χ4v) is 2.36. The summed E-state index contributed by atoms with van der Waals surface area (Å²) in [6, 6.07) is 8.65. The van der Waals surface area contributed by atoms with Gasteiger partial charge in [-0.05, 0) is 31.6 Å². The molecule has 2 atom stereocenters. The van der Waals surface area contributed by atoms with Crippen LogP contribution in [0.25, 0.3) is 0 Å². The molecule has 0 N–H and O–H groups in total. The van der Waals surface area contributed by atoms with E-state index in [9.17, 15) is 14.4 Å². The highest BCUT2D eigenvalue weighted by Gasteiger charge is 2.26. The summed E-state index contributed by atoms with van der Waals surface area (Å²) in [6.45, 7) is 5.51. The highest BCUT2D eigenvalue weighted by molar-refractivity contribution is 5.92. The number of allylic oxidation sites excluding steroid dienone is 4. The molecule has 0 spiro atoms. The van der Waals surface area contributed by atoms with Gasteiger partial charge >= 0.3 is 11.9 Å². The summed E-state index contributed by atoms with van der Waals surface area (Å²) < 4.78 is 10.7. The third kappa shape index (κ3) is 8.49. The maximum Gasteiger partial charge on any atom is 0.338 e. The van der Waals surface area contributed by atoms with Gasteiger partial charge < -0.3 is 9.47 Å². The van der Waals surface area contributed by atoms with E-state index < -0.39 is 18.0 Å². The van der Waals surface area contributed by atoms with Gasteiger partial charge in [-0.15, -0.1) is 0 Å². The van der Waals surface area contributed by atoms with E-state index in [0.717, 1.165) is 0 Å². The van der Waals surface area contributed by atoms with E-state index in [1.807, 2.05) is 26.0 Å². The Morgan fingerprint density at radius 3 is 2.44 bits per heavy atom. The van der Waals surface area contributed by atoms with Crippen LogP contribution in [0.15, 0.2) is 54.6 Å². The van der Waals surface area contributed by atoms with Gasteiger partial charge in [0.1, 0.15) is 6.10 Å². The van der Waals surface area contributed by atoms with Crippen molar-refractivity contribution >= 4 is 17.7 Å². The molecule has 0 aliphatic rings. The lowest BCUT2D eigenvalue weighted by Crippen LogP contribution is -2.31. The van der Waals surface area contributed by atoms with Crippen molar-refractivity contribution in [2.75, 3.05) is 6.61 Å². The summed E-state index contributed by atoms with van der Waals surface area (Å²) >= 11 is 0. The largest absolute Gasteiger partial charge is 0.462 e. The first kappa shape index (κ1) is 22.4. The van der Waals surface area contributed by atoms with Crippen LogP contribution in [0.2, 0.25) is 0 Å². The molecule has 1 aromatic rings. The highest BCUT2D eigenvalue weighted by atomic mass is 16.6. The molecular formula is C22H28O5. The number of carbonyl (C=O) groups excluding carboxylic acids is 3. The van der Waals surface area contributed by atoms with Crippen LogP contribution in [-0.2, 0) is 19.1 Å². The second kappa shape index (κ2) is 12.6. The molecule has 5 heteroatoms. The molecule has 1 aromatic carbocycles. The molecule has 2 unspecified atom stereocenters. The Morgan fingerprint density at radius 2 is 1.81 bits per heavy atom. The first-order chi connectivity index (χ1) is 13.0. The first-order valence-corrected chi connectivity index (χ1v) is 9.24. The molecule has 0 fully saturated rings. The monoisotopic (exact) mass is 372 g/mol. The lowest BCUT2D eigenvalue weighted by molar-refractivity contribution is -0.153. The number of hydrogen-bond donors (Lipinski definition) is 0. The van der Waals surface area contributed by atoms with Crippen LogP contribution >= 0.6 is 0 Å². The van der Waals surface area contributed by atoms with Crippen molar-refractivity contribution in [1.29, 1.82) is 0 Å². The van der Waals surface area contributed by atoms with Gasteiger partial charge in [0.25, 0.3) is 0 Å². The average Bonchev–Trinajstić information content (AvgIpc) is 2.67. The summed E-state index contributed by atoms with van der Waals surface area (Å²) in [5.41, 5.74) is 0.454. The molecule has 0 radical (unpaired) electrons. The van der Waals surface area contributed by atoms with Crippen LogP contribution in [0.4, 0.5) is 0 Å². The molecule has 5 nitrogen and oxygen atoms in total. The van der Waals surface area contributed by atoms with Crippen molar-refractivity contribution in [3.8, 4) is 0 Å². The maximum absolute atomic E-state index is 12.3. The number of rotatable bonds is 11. The second-order valence-corrected chi connectivity index (χ2v) is 6.14. The van der Waals surface area contributed by atoms with E-state index in [1.165, 1.54) is 6.08 Å². The van der Waals surface area contributed by atoms with Crippen LogP contribution in [0.1, 0.15) is 50.4 Å². The molecule has 0 bridgehead atoms. The molecule has 0 amide bonds. The lowest BCUT2D eigenvalue weighted by atomic mass is 9.96. The van der Waals surface area contributed by atoms with Gasteiger partial charge in [-0.1, -0.05) is 50.3 Å². The fraction of sp³-hybridized carbons (Fsp3) is 0.409. The summed E-state index contributed by atoms with van der Waals surface area (Å²) in [6.07, 6.45) is 7.25. The Hall–Kier alpha value is -2.69. The van der Waals surface area contributed by atoms with E-state index in [-0.39, 0.29) is 31.2 Å². The molecule has 0 heterocycles. The predicted octanol–water partition coefficient (Wildman–Crippen LogP) is 4.28. The molecule has 27 heavy (non-hydrogen) atoms. The fourth-order valence-electron chi connectivity index (χ4n) is 2.36. The number of esters is 2. The Balaban J connectivity index is 2.68. The zero-order valence-corrected chi connectivity index (χ0v) is 16.2. The SMILES string of the molecule is C/C=C/C=C/C(=O)C(C)C(CCOC(=O)c1ccccc1)OC(=O)CCC. The van der Waals surface area contributed by atoms with Crippen molar-refractivity contribution in [1.82, 2.24) is 0 Å². The van der Waals surface area contributed by atoms with Crippen molar-refractivity contribution in [2.24, 2.45) is 5.92 Å². The van der Waals surface area contributed by atoms with Crippen LogP contribution in [0, 0.1) is 5.92 Å². The van der Waals surface area contributed by atoms with E-state index in [4.69, 9.17) is 9.47 Å². The predicted molar refractivity (Wildman–Crippen MR) is 104 cm³/mol. The van der Waals surface area contributed by atoms with Crippen molar-refractivity contribution in [2.45, 2.75) is 46.1 Å². The van der Waals surface area contributed by atoms with E-state index in [2.05, 4.69) is 0 Å². The first-order valence-electron chi connectivity index (χ1n) is 9.24. The quantitative estimate of drug-likeness (QED) is 0.329. The summed E-state index contributed by atoms with van der Waals surface area (Å²) in [7, 11) is 0. The van der Waals surface area contributed by atoms with Gasteiger partial charge in [0.2, 0.25) is 0 Å². The lowest BCUT2D eigenvalue weighted by Gasteiger charge is -2.22. The van der Waals surface area contributed by atoms with Gasteiger partial charge in [-0.25, -0.2) is 4.79 Å². The normalized spacial score (nSPS) is 13.4. The van der Waals surface area contributed by atoms with E-state index in [1.54, 1.807) is 43.3 Å². The smallest absolute Gasteiger partial charge is 0.338 e. The Morgan fingerprint density at radius 1 is 1.11 bits per heavy atom. The van der Waals surface area contributed by atoms with Crippen molar-refractivity contribution in [3.63, 3.8) is 0 Å². The topological polar surface area (TPSA) is 69.7 Å². The third-order valence-electron chi connectivity index (χ3n) is 3.95. The minimum Gasteiger partial charge on any atom is -0.462 e.